The molecule has 0 unspecified atom stereocenters. The zero-order chi connectivity index (χ0) is 10.2. The predicted molar refractivity (Wildman–Crippen MR) is 59.8 cm³/mol. The van der Waals surface area contributed by atoms with E-state index in [1.807, 2.05) is 24.3 Å². The van der Waals surface area contributed by atoms with Crippen molar-refractivity contribution in [1.29, 1.82) is 0 Å². The molecule has 0 atom stereocenters. The summed E-state index contributed by atoms with van der Waals surface area (Å²) in [4.78, 5) is 10.9. The minimum Gasteiger partial charge on any atom is -0.444 e. The number of nitrogens with two attached hydrogens (primary N) is 1. The molecular formula is C11H14ClNO2. The Morgan fingerprint density at radius 2 is 1.80 bits per heavy atom. The lowest BCUT2D eigenvalue weighted by Gasteiger charge is -2.22. The number of hydrogen-bond donors (Lipinski definition) is 1. The molecule has 0 fully saturated rings. The van der Waals surface area contributed by atoms with Gasteiger partial charge in [0.1, 0.15) is 0 Å². The van der Waals surface area contributed by atoms with E-state index in [1.54, 1.807) is 0 Å². The zero-order valence-electron chi connectivity index (χ0n) is 8.53. The first-order valence-electron chi connectivity index (χ1n) is 4.64. The zero-order valence-corrected chi connectivity index (χ0v) is 9.34. The topological polar surface area (TPSA) is 52.3 Å². The van der Waals surface area contributed by atoms with Gasteiger partial charge in [-0.3, -0.25) is 10.5 Å². The maximum Gasteiger partial charge on any atom is 0.304 e. The van der Waals surface area contributed by atoms with Crippen molar-refractivity contribution >= 4 is 18.4 Å². The van der Waals surface area contributed by atoms with Crippen LogP contribution in [0.4, 0.5) is 0 Å². The third-order valence-electron chi connectivity index (χ3n) is 2.44. The van der Waals surface area contributed by atoms with E-state index in [-0.39, 0.29) is 18.4 Å². The number of carbonyl (C=O) groups excluding carboxylic acids is 1. The molecule has 0 aromatic heterocycles. The van der Waals surface area contributed by atoms with Crippen LogP contribution in [0, 0.1) is 0 Å². The minimum absolute atomic E-state index is 0. The van der Waals surface area contributed by atoms with Gasteiger partial charge < -0.3 is 4.74 Å². The van der Waals surface area contributed by atoms with E-state index < -0.39 is 5.72 Å². The number of esters is 1. The highest BCUT2D eigenvalue weighted by atomic mass is 35.5. The summed E-state index contributed by atoms with van der Waals surface area (Å²) < 4.78 is 5.12. The van der Waals surface area contributed by atoms with E-state index in [1.165, 1.54) is 18.1 Å². The summed E-state index contributed by atoms with van der Waals surface area (Å²) >= 11 is 0. The summed E-state index contributed by atoms with van der Waals surface area (Å²) in [5.74, 6) is -0.319. The van der Waals surface area contributed by atoms with Crippen molar-refractivity contribution < 1.29 is 9.53 Å². The van der Waals surface area contributed by atoms with Crippen molar-refractivity contribution in [2.24, 2.45) is 5.73 Å². The third kappa shape index (κ3) is 2.49. The van der Waals surface area contributed by atoms with Crippen molar-refractivity contribution in [2.75, 3.05) is 0 Å². The molecule has 1 aliphatic rings. The summed E-state index contributed by atoms with van der Waals surface area (Å²) in [6, 6.07) is 7.98. The molecule has 0 radical (unpaired) electrons. The van der Waals surface area contributed by atoms with Crippen molar-refractivity contribution in [1.82, 2.24) is 0 Å². The molecule has 4 heteroatoms. The third-order valence-corrected chi connectivity index (χ3v) is 2.44. The SMILES string of the molecule is CC(=O)OC1(N)Cc2ccccc2C1.Cl. The van der Waals surface area contributed by atoms with Crippen LogP contribution in [0.15, 0.2) is 24.3 Å². The Bertz CT molecular complexity index is 354. The molecular weight excluding hydrogens is 214 g/mol. The Hall–Kier alpha value is -1.06. The quantitative estimate of drug-likeness (QED) is 0.583. The molecule has 0 spiro atoms. The second-order valence-corrected chi connectivity index (χ2v) is 3.78. The minimum atomic E-state index is -0.824. The number of ether oxygens (including phenoxy) is 1. The second kappa shape index (κ2) is 4.21. The van der Waals surface area contributed by atoms with Crippen LogP contribution < -0.4 is 5.73 Å². The van der Waals surface area contributed by atoms with E-state index in [0.717, 1.165) is 0 Å². The van der Waals surface area contributed by atoms with Crippen LogP contribution >= 0.6 is 12.4 Å². The summed E-state index contributed by atoms with van der Waals surface area (Å²) in [7, 11) is 0. The molecule has 15 heavy (non-hydrogen) atoms. The Labute approximate surface area is 95.0 Å². The van der Waals surface area contributed by atoms with Crippen molar-refractivity contribution in [3.05, 3.63) is 35.4 Å². The first kappa shape index (κ1) is 12.0. The molecule has 0 amide bonds. The van der Waals surface area contributed by atoms with Gasteiger partial charge in [-0.15, -0.1) is 12.4 Å². The lowest BCUT2D eigenvalue weighted by molar-refractivity contribution is -0.155. The molecule has 82 valence electrons. The van der Waals surface area contributed by atoms with Crippen LogP contribution in [0.25, 0.3) is 0 Å². The molecule has 1 aromatic rings. The summed E-state index contributed by atoms with van der Waals surface area (Å²) in [5, 5.41) is 0. The second-order valence-electron chi connectivity index (χ2n) is 3.78. The van der Waals surface area contributed by atoms with Crippen LogP contribution in [0.5, 0.6) is 0 Å². The molecule has 0 aliphatic heterocycles. The number of halogens is 1. The van der Waals surface area contributed by atoms with Crippen LogP contribution in [0.2, 0.25) is 0 Å². The fourth-order valence-corrected chi connectivity index (χ4v) is 1.97. The first-order valence-corrected chi connectivity index (χ1v) is 4.64. The van der Waals surface area contributed by atoms with Crippen molar-refractivity contribution in [3.63, 3.8) is 0 Å². The van der Waals surface area contributed by atoms with Crippen molar-refractivity contribution in [2.45, 2.75) is 25.5 Å². The van der Waals surface area contributed by atoms with E-state index >= 15 is 0 Å². The van der Waals surface area contributed by atoms with Gasteiger partial charge in [0, 0.05) is 19.8 Å². The highest BCUT2D eigenvalue weighted by Crippen LogP contribution is 2.28. The molecule has 2 N–H and O–H groups in total. The Morgan fingerprint density at radius 1 is 1.33 bits per heavy atom. The average Bonchev–Trinajstić information content (AvgIpc) is 2.38. The van der Waals surface area contributed by atoms with E-state index in [2.05, 4.69) is 0 Å². The maximum absolute atomic E-state index is 10.9. The van der Waals surface area contributed by atoms with Gasteiger partial charge in [0.05, 0.1) is 0 Å². The average molecular weight is 228 g/mol. The van der Waals surface area contributed by atoms with Gasteiger partial charge >= 0.3 is 5.97 Å². The molecule has 0 heterocycles. The molecule has 3 nitrogen and oxygen atoms in total. The monoisotopic (exact) mass is 227 g/mol. The van der Waals surface area contributed by atoms with Gasteiger partial charge in [0.25, 0.3) is 0 Å². The van der Waals surface area contributed by atoms with Gasteiger partial charge in [0.15, 0.2) is 5.72 Å². The fourth-order valence-electron chi connectivity index (χ4n) is 1.97. The van der Waals surface area contributed by atoms with Crippen LogP contribution in [0.1, 0.15) is 18.1 Å². The predicted octanol–water partition coefficient (Wildman–Crippen LogP) is 1.43. The lowest BCUT2D eigenvalue weighted by atomic mass is 10.1. The Morgan fingerprint density at radius 3 is 2.20 bits per heavy atom. The van der Waals surface area contributed by atoms with Crippen molar-refractivity contribution in [3.8, 4) is 0 Å². The van der Waals surface area contributed by atoms with Gasteiger partial charge in [-0.2, -0.15) is 0 Å². The standard InChI is InChI=1S/C11H13NO2.ClH/c1-8(13)14-11(12)6-9-4-2-3-5-10(9)7-11;/h2-5H,6-7,12H2,1H3;1H. The molecule has 1 aromatic carbocycles. The number of fused-ring (bicyclic) bond motifs is 1. The lowest BCUT2D eigenvalue weighted by Crippen LogP contribution is -2.44. The first-order chi connectivity index (χ1) is 6.59. The molecule has 2 rings (SSSR count). The van der Waals surface area contributed by atoms with Gasteiger partial charge in [-0.1, -0.05) is 24.3 Å². The smallest absolute Gasteiger partial charge is 0.304 e. The number of hydrogen-bond acceptors (Lipinski definition) is 3. The van der Waals surface area contributed by atoms with Gasteiger partial charge in [-0.05, 0) is 11.1 Å². The summed E-state index contributed by atoms with van der Waals surface area (Å²) in [5.41, 5.74) is 7.50. The van der Waals surface area contributed by atoms with Gasteiger partial charge in [0.2, 0.25) is 0 Å². The number of carbonyl (C=O) groups is 1. The molecule has 0 saturated heterocycles. The summed E-state index contributed by atoms with van der Waals surface area (Å²) in [6.07, 6.45) is 1.23. The number of benzene rings is 1. The Balaban J connectivity index is 0.00000112. The van der Waals surface area contributed by atoms with E-state index in [4.69, 9.17) is 10.5 Å². The largest absolute Gasteiger partial charge is 0.444 e. The highest BCUT2D eigenvalue weighted by molar-refractivity contribution is 5.85. The molecule has 0 bridgehead atoms. The van der Waals surface area contributed by atoms with E-state index in [0.29, 0.717) is 12.8 Å². The number of rotatable bonds is 1. The van der Waals surface area contributed by atoms with Crippen LogP contribution in [-0.2, 0) is 22.4 Å². The maximum atomic E-state index is 10.9. The molecule has 0 saturated carbocycles. The normalized spacial score (nSPS) is 16.4. The van der Waals surface area contributed by atoms with E-state index in [9.17, 15) is 4.79 Å². The summed E-state index contributed by atoms with van der Waals surface area (Å²) in [6.45, 7) is 1.39. The van der Waals surface area contributed by atoms with Gasteiger partial charge in [-0.25, -0.2) is 0 Å². The Kier molecular flexibility index (Phi) is 3.37. The fraction of sp³-hybridized carbons (Fsp3) is 0.364. The molecule has 1 aliphatic carbocycles. The highest BCUT2D eigenvalue weighted by Gasteiger charge is 2.36. The van der Waals surface area contributed by atoms with Crippen LogP contribution in [-0.4, -0.2) is 11.7 Å². The van der Waals surface area contributed by atoms with Crippen LogP contribution in [0.3, 0.4) is 0 Å².